The highest BCUT2D eigenvalue weighted by Crippen LogP contribution is 2.39. The van der Waals surface area contributed by atoms with E-state index in [1.807, 2.05) is 25.1 Å². The highest BCUT2D eigenvalue weighted by atomic mass is 32.2. The predicted octanol–water partition coefficient (Wildman–Crippen LogP) is 2.57. The molecule has 0 saturated carbocycles. The zero-order chi connectivity index (χ0) is 11.5. The summed E-state index contributed by atoms with van der Waals surface area (Å²) in [6.45, 7) is 6.26. The molecule has 1 aromatic rings. The third-order valence-electron chi connectivity index (χ3n) is 2.58. The molecule has 3 heteroatoms. The van der Waals surface area contributed by atoms with Crippen LogP contribution in [-0.2, 0) is 4.79 Å². The van der Waals surface area contributed by atoms with E-state index in [-0.39, 0.29) is 11.8 Å². The smallest absolute Gasteiger partial charge is 0.228 e. The SMILES string of the molecule is C=C(C)CNC(=O)C1CSc2ccccc21. The molecule has 1 aromatic carbocycles. The molecule has 0 aliphatic carbocycles. The number of nitrogens with one attached hydrogen (secondary N) is 1. The largest absolute Gasteiger partial charge is 0.352 e. The second-order valence-corrected chi connectivity index (χ2v) is 5.14. The number of carbonyl (C=O) groups is 1. The number of benzene rings is 1. The average Bonchev–Trinajstić information content (AvgIpc) is 2.69. The summed E-state index contributed by atoms with van der Waals surface area (Å²) >= 11 is 1.76. The Morgan fingerprint density at radius 2 is 2.31 bits per heavy atom. The second kappa shape index (κ2) is 4.74. The Balaban J connectivity index is 2.07. The van der Waals surface area contributed by atoms with Crippen LogP contribution in [0.25, 0.3) is 0 Å². The third-order valence-corrected chi connectivity index (χ3v) is 3.76. The number of carbonyl (C=O) groups excluding carboxylic acids is 1. The zero-order valence-corrected chi connectivity index (χ0v) is 10.1. The first-order valence-corrected chi connectivity index (χ1v) is 6.31. The first kappa shape index (κ1) is 11.3. The Morgan fingerprint density at radius 1 is 1.56 bits per heavy atom. The molecule has 0 radical (unpaired) electrons. The lowest BCUT2D eigenvalue weighted by atomic mass is 10.0. The van der Waals surface area contributed by atoms with E-state index in [9.17, 15) is 4.79 Å². The van der Waals surface area contributed by atoms with Crippen LogP contribution in [0, 0.1) is 0 Å². The van der Waals surface area contributed by atoms with Crippen LogP contribution in [0.2, 0.25) is 0 Å². The zero-order valence-electron chi connectivity index (χ0n) is 9.32. The van der Waals surface area contributed by atoms with E-state index in [2.05, 4.69) is 18.0 Å². The molecule has 1 aliphatic rings. The standard InChI is InChI=1S/C13H15NOS/c1-9(2)7-14-13(15)11-8-16-12-6-4-3-5-10(11)12/h3-6,11H,1,7-8H2,2H3,(H,14,15). The first-order valence-electron chi connectivity index (χ1n) is 5.32. The quantitative estimate of drug-likeness (QED) is 0.813. The van der Waals surface area contributed by atoms with Gasteiger partial charge in [-0.15, -0.1) is 11.8 Å². The van der Waals surface area contributed by atoms with Crippen molar-refractivity contribution in [2.45, 2.75) is 17.7 Å². The lowest BCUT2D eigenvalue weighted by Crippen LogP contribution is -2.30. The summed E-state index contributed by atoms with van der Waals surface area (Å²) in [4.78, 5) is 13.2. The Morgan fingerprint density at radius 3 is 3.06 bits per heavy atom. The Hall–Kier alpha value is -1.22. The highest BCUT2D eigenvalue weighted by molar-refractivity contribution is 7.99. The number of rotatable bonds is 3. The van der Waals surface area contributed by atoms with Crippen molar-refractivity contribution in [1.82, 2.24) is 5.32 Å². The van der Waals surface area contributed by atoms with E-state index >= 15 is 0 Å². The topological polar surface area (TPSA) is 29.1 Å². The lowest BCUT2D eigenvalue weighted by Gasteiger charge is -2.11. The van der Waals surface area contributed by atoms with Crippen LogP contribution in [-0.4, -0.2) is 18.2 Å². The lowest BCUT2D eigenvalue weighted by molar-refractivity contribution is -0.121. The molecule has 0 aromatic heterocycles. The van der Waals surface area contributed by atoms with Crippen LogP contribution in [0.3, 0.4) is 0 Å². The third kappa shape index (κ3) is 2.30. The van der Waals surface area contributed by atoms with E-state index in [0.717, 1.165) is 16.9 Å². The van der Waals surface area contributed by atoms with Crippen LogP contribution in [0.4, 0.5) is 0 Å². The molecule has 0 bridgehead atoms. The van der Waals surface area contributed by atoms with Crippen LogP contribution in [0.1, 0.15) is 18.4 Å². The molecule has 1 aliphatic heterocycles. The minimum Gasteiger partial charge on any atom is -0.352 e. The van der Waals surface area contributed by atoms with Crippen LogP contribution >= 0.6 is 11.8 Å². The Labute approximate surface area is 100 Å². The molecule has 1 N–H and O–H groups in total. The van der Waals surface area contributed by atoms with E-state index in [4.69, 9.17) is 0 Å². The van der Waals surface area contributed by atoms with Gasteiger partial charge in [-0.3, -0.25) is 4.79 Å². The van der Waals surface area contributed by atoms with Crippen LogP contribution in [0.5, 0.6) is 0 Å². The molecule has 2 nitrogen and oxygen atoms in total. The van der Waals surface area contributed by atoms with E-state index < -0.39 is 0 Å². The van der Waals surface area contributed by atoms with Crippen molar-refractivity contribution in [2.75, 3.05) is 12.3 Å². The summed E-state index contributed by atoms with van der Waals surface area (Å²) in [6, 6.07) is 8.12. The van der Waals surface area contributed by atoms with Crippen molar-refractivity contribution in [1.29, 1.82) is 0 Å². The number of fused-ring (bicyclic) bond motifs is 1. The molecule has 1 heterocycles. The van der Waals surface area contributed by atoms with Gasteiger partial charge in [0, 0.05) is 17.2 Å². The minimum atomic E-state index is 0.000509. The van der Waals surface area contributed by atoms with Crippen molar-refractivity contribution in [3.8, 4) is 0 Å². The van der Waals surface area contributed by atoms with Crippen molar-refractivity contribution >= 4 is 17.7 Å². The van der Waals surface area contributed by atoms with Crippen molar-refractivity contribution in [3.63, 3.8) is 0 Å². The van der Waals surface area contributed by atoms with Gasteiger partial charge < -0.3 is 5.32 Å². The molecule has 1 atom stereocenters. The van der Waals surface area contributed by atoms with Gasteiger partial charge in [-0.2, -0.15) is 0 Å². The fourth-order valence-electron chi connectivity index (χ4n) is 1.74. The number of amides is 1. The highest BCUT2D eigenvalue weighted by Gasteiger charge is 2.28. The van der Waals surface area contributed by atoms with Crippen LogP contribution in [0.15, 0.2) is 41.3 Å². The van der Waals surface area contributed by atoms with Crippen molar-refractivity contribution < 1.29 is 4.79 Å². The number of hydrogen-bond donors (Lipinski definition) is 1. The van der Waals surface area contributed by atoms with Crippen LogP contribution < -0.4 is 5.32 Å². The van der Waals surface area contributed by atoms with Gasteiger partial charge in [0.05, 0.1) is 5.92 Å². The maximum Gasteiger partial charge on any atom is 0.228 e. The van der Waals surface area contributed by atoms with E-state index in [0.29, 0.717) is 6.54 Å². The summed E-state index contributed by atoms with van der Waals surface area (Å²) in [5, 5.41) is 2.91. The summed E-state index contributed by atoms with van der Waals surface area (Å²) in [5.74, 6) is 0.961. The molecule has 0 fully saturated rings. The van der Waals surface area contributed by atoms with Gasteiger partial charge in [0.1, 0.15) is 0 Å². The van der Waals surface area contributed by atoms with Gasteiger partial charge >= 0.3 is 0 Å². The van der Waals surface area contributed by atoms with E-state index in [1.54, 1.807) is 11.8 Å². The molecule has 1 amide bonds. The summed E-state index contributed by atoms with van der Waals surface area (Å²) < 4.78 is 0. The molecule has 16 heavy (non-hydrogen) atoms. The van der Waals surface area contributed by atoms with Gasteiger partial charge in [-0.05, 0) is 18.6 Å². The molecule has 0 saturated heterocycles. The number of hydrogen-bond acceptors (Lipinski definition) is 2. The van der Waals surface area contributed by atoms with Gasteiger partial charge in [-0.25, -0.2) is 0 Å². The summed E-state index contributed by atoms with van der Waals surface area (Å²) in [7, 11) is 0. The van der Waals surface area contributed by atoms with Crippen molar-refractivity contribution in [2.24, 2.45) is 0 Å². The van der Waals surface area contributed by atoms with Gasteiger partial charge in [0.25, 0.3) is 0 Å². The fraction of sp³-hybridized carbons (Fsp3) is 0.308. The van der Waals surface area contributed by atoms with Gasteiger partial charge in [0.2, 0.25) is 5.91 Å². The summed E-state index contributed by atoms with van der Waals surface area (Å²) in [5.41, 5.74) is 2.14. The minimum absolute atomic E-state index is 0.000509. The van der Waals surface area contributed by atoms with Crippen molar-refractivity contribution in [3.05, 3.63) is 42.0 Å². The average molecular weight is 233 g/mol. The van der Waals surface area contributed by atoms with Gasteiger partial charge in [-0.1, -0.05) is 30.4 Å². The Bertz CT molecular complexity index is 428. The molecule has 1 unspecified atom stereocenters. The molecular weight excluding hydrogens is 218 g/mol. The Kier molecular flexibility index (Phi) is 3.34. The second-order valence-electron chi connectivity index (χ2n) is 4.08. The molecule has 2 rings (SSSR count). The predicted molar refractivity (Wildman–Crippen MR) is 67.7 cm³/mol. The molecule has 0 spiro atoms. The first-order chi connectivity index (χ1) is 7.68. The fourth-order valence-corrected chi connectivity index (χ4v) is 2.97. The maximum absolute atomic E-state index is 11.9. The molecular formula is C13H15NOS. The van der Waals surface area contributed by atoms with E-state index in [1.165, 1.54) is 4.90 Å². The summed E-state index contributed by atoms with van der Waals surface area (Å²) in [6.07, 6.45) is 0. The van der Waals surface area contributed by atoms with Gasteiger partial charge in [0.15, 0.2) is 0 Å². The molecule has 84 valence electrons. The monoisotopic (exact) mass is 233 g/mol. The normalized spacial score (nSPS) is 17.9. The number of thioether (sulfide) groups is 1. The maximum atomic E-state index is 11.9.